The SMILES string of the molecule is COC(=O)c1ccc2c(c1)N(c1cc(C)cc(C)c1)C(=O)/C2=N\Nc1cc(Cl)cc(-c2ccc(F)c(C(=O)O)c2)c1O. The van der Waals surface area contributed by atoms with Gasteiger partial charge in [0.1, 0.15) is 17.3 Å². The average Bonchev–Trinajstić information content (AvgIpc) is 3.22. The number of hydrogen-bond acceptors (Lipinski definition) is 7. The van der Waals surface area contributed by atoms with Crippen molar-refractivity contribution in [2.24, 2.45) is 5.10 Å². The number of phenolic OH excluding ortho intramolecular Hbond substituents is 1. The lowest BCUT2D eigenvalue weighted by molar-refractivity contribution is -0.111. The number of hydrazone groups is 1. The monoisotopic (exact) mass is 587 g/mol. The number of carbonyl (C=O) groups excluding carboxylic acids is 2. The Labute approximate surface area is 244 Å². The number of ether oxygens (including phenoxy) is 1. The third-order valence-corrected chi connectivity index (χ3v) is 6.87. The number of aromatic hydroxyl groups is 1. The van der Waals surface area contributed by atoms with Gasteiger partial charge >= 0.3 is 11.9 Å². The summed E-state index contributed by atoms with van der Waals surface area (Å²) in [6.07, 6.45) is 0. The number of esters is 1. The van der Waals surface area contributed by atoms with Crippen LogP contribution in [0.3, 0.4) is 0 Å². The third kappa shape index (κ3) is 5.15. The van der Waals surface area contributed by atoms with Gasteiger partial charge in [-0.1, -0.05) is 23.7 Å². The lowest BCUT2D eigenvalue weighted by Gasteiger charge is -2.19. The van der Waals surface area contributed by atoms with Gasteiger partial charge in [0.05, 0.1) is 23.9 Å². The number of halogens is 2. The van der Waals surface area contributed by atoms with Crippen LogP contribution in [0.2, 0.25) is 5.02 Å². The molecule has 0 aliphatic carbocycles. The first-order chi connectivity index (χ1) is 20.0. The minimum atomic E-state index is -1.47. The van der Waals surface area contributed by atoms with Crippen molar-refractivity contribution in [1.29, 1.82) is 0 Å². The molecule has 212 valence electrons. The van der Waals surface area contributed by atoms with Gasteiger partial charge in [-0.25, -0.2) is 14.0 Å². The van der Waals surface area contributed by atoms with Gasteiger partial charge in [0.2, 0.25) is 0 Å². The van der Waals surface area contributed by atoms with E-state index < -0.39 is 29.2 Å². The number of fused-ring (bicyclic) bond motifs is 1. The number of amides is 1. The summed E-state index contributed by atoms with van der Waals surface area (Å²) in [5, 5.41) is 24.8. The highest BCUT2D eigenvalue weighted by Gasteiger charge is 2.36. The second-order valence-corrected chi connectivity index (χ2v) is 10.1. The summed E-state index contributed by atoms with van der Waals surface area (Å²) >= 11 is 6.30. The number of nitrogens with one attached hydrogen (secondary N) is 1. The molecule has 0 aromatic heterocycles. The summed E-state index contributed by atoms with van der Waals surface area (Å²) in [7, 11) is 1.26. The van der Waals surface area contributed by atoms with E-state index in [1.807, 2.05) is 32.0 Å². The molecular formula is C31H23ClFN3O6. The molecule has 0 unspecified atom stereocenters. The van der Waals surface area contributed by atoms with E-state index in [1.54, 1.807) is 12.1 Å². The predicted octanol–water partition coefficient (Wildman–Crippen LogP) is 6.45. The Morgan fingerprint density at radius 2 is 1.69 bits per heavy atom. The van der Waals surface area contributed by atoms with Crippen molar-refractivity contribution in [2.75, 3.05) is 17.4 Å². The molecule has 11 heteroatoms. The van der Waals surface area contributed by atoms with Gasteiger partial charge in [-0.3, -0.25) is 15.1 Å². The molecule has 1 aliphatic rings. The van der Waals surface area contributed by atoms with E-state index in [0.29, 0.717) is 16.9 Å². The maximum atomic E-state index is 14.0. The number of rotatable bonds is 6. The van der Waals surface area contributed by atoms with Crippen LogP contribution in [0.4, 0.5) is 21.5 Å². The Bertz CT molecular complexity index is 1820. The van der Waals surface area contributed by atoms with Crippen molar-refractivity contribution in [3.8, 4) is 16.9 Å². The van der Waals surface area contributed by atoms with Crippen molar-refractivity contribution < 1.29 is 33.7 Å². The average molecular weight is 588 g/mol. The highest BCUT2D eigenvalue weighted by atomic mass is 35.5. The van der Waals surface area contributed by atoms with Crippen LogP contribution in [0.15, 0.2) is 71.8 Å². The molecule has 0 spiro atoms. The number of aromatic carboxylic acids is 1. The van der Waals surface area contributed by atoms with Crippen LogP contribution in [0.5, 0.6) is 5.75 Å². The van der Waals surface area contributed by atoms with Crippen LogP contribution < -0.4 is 10.3 Å². The molecule has 5 rings (SSSR count). The lowest BCUT2D eigenvalue weighted by atomic mass is 10.0. The normalized spacial score (nSPS) is 13.3. The van der Waals surface area contributed by atoms with E-state index in [0.717, 1.165) is 23.3 Å². The van der Waals surface area contributed by atoms with Crippen molar-refractivity contribution in [2.45, 2.75) is 13.8 Å². The molecule has 9 nitrogen and oxygen atoms in total. The molecule has 1 heterocycles. The zero-order chi connectivity index (χ0) is 30.3. The Kier molecular flexibility index (Phi) is 7.40. The number of carbonyl (C=O) groups is 3. The standard InChI is InChI=1S/C31H23ClFN3O6/c1-15-8-16(2)10-20(9-15)36-26-12-18(31(41)42-3)4-6-21(26)27(29(36)38)35-34-25-14-19(32)13-22(28(25)37)17-5-7-24(33)23(11-17)30(39)40/h4-14,34,37H,1-3H3,(H,39,40)/b35-27-. The van der Waals surface area contributed by atoms with Crippen LogP contribution in [-0.4, -0.2) is 40.9 Å². The lowest BCUT2D eigenvalue weighted by Crippen LogP contribution is -2.26. The van der Waals surface area contributed by atoms with Crippen LogP contribution in [0.1, 0.15) is 37.4 Å². The number of hydrogen-bond donors (Lipinski definition) is 3. The molecule has 3 N–H and O–H groups in total. The first kappa shape index (κ1) is 28.3. The first-order valence-corrected chi connectivity index (χ1v) is 12.9. The summed E-state index contributed by atoms with van der Waals surface area (Å²) < 4.78 is 18.8. The Morgan fingerprint density at radius 3 is 2.36 bits per heavy atom. The second-order valence-electron chi connectivity index (χ2n) is 9.63. The van der Waals surface area contributed by atoms with Gasteiger partial charge < -0.3 is 14.9 Å². The molecule has 0 atom stereocenters. The van der Waals surface area contributed by atoms with Crippen LogP contribution in [0, 0.1) is 19.7 Å². The Morgan fingerprint density at radius 1 is 0.976 bits per heavy atom. The van der Waals surface area contributed by atoms with Gasteiger partial charge in [-0.05, 0) is 85.1 Å². The van der Waals surface area contributed by atoms with Gasteiger partial charge in [0, 0.05) is 21.8 Å². The van der Waals surface area contributed by atoms with Gasteiger partial charge in [0.15, 0.2) is 5.71 Å². The van der Waals surface area contributed by atoms with Gasteiger partial charge in [-0.2, -0.15) is 5.10 Å². The number of anilines is 3. The summed E-state index contributed by atoms with van der Waals surface area (Å²) in [4.78, 5) is 38.9. The summed E-state index contributed by atoms with van der Waals surface area (Å²) in [6, 6.07) is 16.4. The number of phenols is 1. The van der Waals surface area contributed by atoms with Crippen molar-refractivity contribution >= 4 is 52.2 Å². The van der Waals surface area contributed by atoms with Crippen LogP contribution in [-0.2, 0) is 9.53 Å². The molecule has 0 radical (unpaired) electrons. The summed E-state index contributed by atoms with van der Waals surface area (Å²) in [6.45, 7) is 3.80. The minimum Gasteiger partial charge on any atom is -0.505 e. The molecule has 1 aliphatic heterocycles. The largest absolute Gasteiger partial charge is 0.505 e. The zero-order valence-corrected chi connectivity index (χ0v) is 23.3. The topological polar surface area (TPSA) is 129 Å². The van der Waals surface area contributed by atoms with E-state index in [1.165, 1.54) is 36.3 Å². The Balaban J connectivity index is 1.59. The zero-order valence-electron chi connectivity index (χ0n) is 22.5. The predicted molar refractivity (Wildman–Crippen MR) is 156 cm³/mol. The maximum absolute atomic E-state index is 14.0. The number of carboxylic acids is 1. The minimum absolute atomic E-state index is 0.00329. The van der Waals surface area contributed by atoms with Crippen molar-refractivity contribution in [3.63, 3.8) is 0 Å². The highest BCUT2D eigenvalue weighted by Crippen LogP contribution is 2.41. The third-order valence-electron chi connectivity index (χ3n) is 6.66. The van der Waals surface area contributed by atoms with Gasteiger partial charge in [-0.15, -0.1) is 0 Å². The van der Waals surface area contributed by atoms with E-state index in [2.05, 4.69) is 10.5 Å². The van der Waals surface area contributed by atoms with Gasteiger partial charge in [0.25, 0.3) is 5.91 Å². The number of methoxy groups -OCH3 is 1. The van der Waals surface area contributed by atoms with Crippen LogP contribution >= 0.6 is 11.6 Å². The quantitative estimate of drug-likeness (QED) is 0.134. The summed E-state index contributed by atoms with van der Waals surface area (Å²) in [5.41, 5.74) is 5.94. The van der Waals surface area contributed by atoms with Crippen molar-refractivity contribution in [3.05, 3.63) is 105 Å². The van der Waals surface area contributed by atoms with E-state index in [4.69, 9.17) is 16.3 Å². The molecule has 0 saturated carbocycles. The second kappa shape index (κ2) is 11.0. The molecule has 42 heavy (non-hydrogen) atoms. The number of aryl methyl sites for hydroxylation is 2. The molecule has 4 aromatic carbocycles. The number of carboxylic acid groups (broad SMARTS) is 1. The Hall–Kier alpha value is -5.22. The first-order valence-electron chi connectivity index (χ1n) is 12.5. The van der Waals surface area contributed by atoms with Crippen LogP contribution in [0.25, 0.3) is 11.1 Å². The number of nitrogens with zero attached hydrogens (tertiary/aromatic N) is 2. The fourth-order valence-electron chi connectivity index (χ4n) is 4.81. The summed E-state index contributed by atoms with van der Waals surface area (Å²) in [5.74, 6) is -3.82. The molecule has 1 amide bonds. The molecule has 0 fully saturated rings. The molecule has 0 bridgehead atoms. The van der Waals surface area contributed by atoms with E-state index in [-0.39, 0.29) is 38.9 Å². The molecule has 4 aromatic rings. The smallest absolute Gasteiger partial charge is 0.338 e. The fourth-order valence-corrected chi connectivity index (χ4v) is 5.03. The van der Waals surface area contributed by atoms with E-state index >= 15 is 0 Å². The maximum Gasteiger partial charge on any atom is 0.338 e. The molecular weight excluding hydrogens is 565 g/mol. The fraction of sp³-hybridized carbons (Fsp3) is 0.0968. The number of benzene rings is 4. The van der Waals surface area contributed by atoms with E-state index in [9.17, 15) is 29.0 Å². The highest BCUT2D eigenvalue weighted by molar-refractivity contribution is 6.55. The van der Waals surface area contributed by atoms with Crippen molar-refractivity contribution in [1.82, 2.24) is 0 Å². The molecule has 0 saturated heterocycles.